The summed E-state index contributed by atoms with van der Waals surface area (Å²) in [7, 11) is 3.06. The third-order valence-electron chi connectivity index (χ3n) is 6.94. The Balaban J connectivity index is 1.61. The molecule has 5 rings (SSSR count). The van der Waals surface area contributed by atoms with Gasteiger partial charge >= 0.3 is 0 Å². The molecule has 2 aliphatic rings. The second-order valence-electron chi connectivity index (χ2n) is 8.85. The van der Waals surface area contributed by atoms with Crippen LogP contribution in [-0.2, 0) is 4.79 Å². The van der Waals surface area contributed by atoms with E-state index in [0.29, 0.717) is 27.8 Å². The van der Waals surface area contributed by atoms with Gasteiger partial charge in [-0.25, -0.2) is 0 Å². The van der Waals surface area contributed by atoms with Crippen molar-refractivity contribution in [2.45, 2.75) is 43.7 Å². The molecule has 0 saturated heterocycles. The van der Waals surface area contributed by atoms with Crippen molar-refractivity contribution in [2.75, 3.05) is 19.5 Å². The number of carbonyl (C=O) groups is 2. The van der Waals surface area contributed by atoms with Gasteiger partial charge in [-0.1, -0.05) is 48.7 Å². The number of halogens is 1. The van der Waals surface area contributed by atoms with E-state index < -0.39 is 5.92 Å². The molecule has 35 heavy (non-hydrogen) atoms. The molecule has 6 nitrogen and oxygen atoms in total. The standard InChI is InChI=1S/C27H27ClN2O4S/c1-33-21-15-22(34-2)20(14-19(21)28)29-26(31)24-17-10-5-6-11-18(17)27(32)30(16-8-3-4-9-16)25(24)23-12-7-13-35-23/h5-7,10-16,24-25H,3-4,8-9H2,1-2H3,(H,29,31)/t24-,25-/m1/s1. The van der Waals surface area contributed by atoms with Crippen LogP contribution in [0.1, 0.15) is 58.4 Å². The number of nitrogens with zero attached hydrogens (tertiary/aromatic N) is 1. The molecule has 8 heteroatoms. The van der Waals surface area contributed by atoms with Crippen molar-refractivity contribution in [3.05, 3.63) is 74.9 Å². The number of anilines is 1. The van der Waals surface area contributed by atoms with Crippen LogP contribution in [-0.4, -0.2) is 37.0 Å². The second kappa shape index (κ2) is 9.91. The van der Waals surface area contributed by atoms with Crippen LogP contribution in [0.3, 0.4) is 0 Å². The average molecular weight is 511 g/mol. The van der Waals surface area contributed by atoms with E-state index in [1.165, 1.54) is 14.2 Å². The van der Waals surface area contributed by atoms with Crippen molar-refractivity contribution in [2.24, 2.45) is 0 Å². The quantitative estimate of drug-likeness (QED) is 0.423. The topological polar surface area (TPSA) is 67.9 Å². The molecule has 0 spiro atoms. The molecule has 1 aliphatic carbocycles. The monoisotopic (exact) mass is 510 g/mol. The molecule has 1 aliphatic heterocycles. The van der Waals surface area contributed by atoms with E-state index in [4.69, 9.17) is 21.1 Å². The van der Waals surface area contributed by atoms with Gasteiger partial charge in [-0.2, -0.15) is 0 Å². The predicted octanol–water partition coefficient (Wildman–Crippen LogP) is 6.28. The number of thiophene rings is 1. The zero-order chi connectivity index (χ0) is 24.5. The summed E-state index contributed by atoms with van der Waals surface area (Å²) in [4.78, 5) is 30.8. The number of methoxy groups -OCH3 is 2. The maximum absolute atomic E-state index is 14.1. The lowest BCUT2D eigenvalue weighted by Crippen LogP contribution is -2.49. The Labute approximate surface area is 213 Å². The Bertz CT molecular complexity index is 1240. The highest BCUT2D eigenvalue weighted by atomic mass is 35.5. The lowest BCUT2D eigenvalue weighted by atomic mass is 9.80. The van der Waals surface area contributed by atoms with Crippen LogP contribution >= 0.6 is 22.9 Å². The predicted molar refractivity (Wildman–Crippen MR) is 138 cm³/mol. The van der Waals surface area contributed by atoms with Gasteiger partial charge in [0.05, 0.1) is 36.9 Å². The summed E-state index contributed by atoms with van der Waals surface area (Å²) < 4.78 is 10.8. The number of carbonyl (C=O) groups excluding carboxylic acids is 2. The van der Waals surface area contributed by atoms with Crippen molar-refractivity contribution in [3.8, 4) is 11.5 Å². The number of ether oxygens (including phenoxy) is 2. The lowest BCUT2D eigenvalue weighted by molar-refractivity contribution is -0.119. The van der Waals surface area contributed by atoms with Gasteiger partial charge in [-0.3, -0.25) is 9.59 Å². The Morgan fingerprint density at radius 2 is 1.80 bits per heavy atom. The van der Waals surface area contributed by atoms with Gasteiger partial charge in [0.1, 0.15) is 11.5 Å². The number of nitrogens with one attached hydrogen (secondary N) is 1. The molecule has 2 amide bonds. The maximum Gasteiger partial charge on any atom is 0.254 e. The van der Waals surface area contributed by atoms with E-state index >= 15 is 0 Å². The van der Waals surface area contributed by atoms with Gasteiger partial charge in [0.15, 0.2) is 0 Å². The molecule has 3 aromatic rings. The lowest BCUT2D eigenvalue weighted by Gasteiger charge is -2.44. The van der Waals surface area contributed by atoms with Crippen LogP contribution in [0.2, 0.25) is 5.02 Å². The highest BCUT2D eigenvalue weighted by Gasteiger charge is 2.47. The Kier molecular flexibility index (Phi) is 6.71. The minimum absolute atomic E-state index is 0.0000208. The first-order chi connectivity index (χ1) is 17.0. The molecule has 182 valence electrons. The number of fused-ring (bicyclic) bond motifs is 1. The van der Waals surface area contributed by atoms with Crippen LogP contribution in [0.25, 0.3) is 0 Å². The summed E-state index contributed by atoms with van der Waals surface area (Å²) in [6, 6.07) is 14.5. The van der Waals surface area contributed by atoms with Crippen molar-refractivity contribution in [3.63, 3.8) is 0 Å². The average Bonchev–Trinajstić information content (AvgIpc) is 3.59. The second-order valence-corrected chi connectivity index (χ2v) is 10.2. The molecule has 0 unspecified atom stereocenters. The molecule has 1 N–H and O–H groups in total. The fraction of sp³-hybridized carbons (Fsp3) is 0.333. The van der Waals surface area contributed by atoms with E-state index in [1.54, 1.807) is 23.5 Å². The summed E-state index contributed by atoms with van der Waals surface area (Å²) in [6.45, 7) is 0. The minimum Gasteiger partial charge on any atom is -0.495 e. The summed E-state index contributed by atoms with van der Waals surface area (Å²) >= 11 is 7.94. The van der Waals surface area contributed by atoms with Crippen molar-refractivity contribution < 1.29 is 19.1 Å². The minimum atomic E-state index is -0.589. The smallest absolute Gasteiger partial charge is 0.254 e. The Morgan fingerprint density at radius 1 is 1.06 bits per heavy atom. The summed E-state index contributed by atoms with van der Waals surface area (Å²) in [5.74, 6) is 0.0960. The molecule has 1 aromatic heterocycles. The zero-order valence-corrected chi connectivity index (χ0v) is 21.2. The molecular formula is C27H27ClN2O4S. The molecule has 1 fully saturated rings. The molecule has 0 radical (unpaired) electrons. The summed E-state index contributed by atoms with van der Waals surface area (Å²) in [6.07, 6.45) is 4.08. The molecule has 2 heterocycles. The van der Waals surface area contributed by atoms with Gasteiger partial charge in [-0.05, 0) is 42.0 Å². The van der Waals surface area contributed by atoms with Crippen LogP contribution < -0.4 is 14.8 Å². The summed E-state index contributed by atoms with van der Waals surface area (Å²) in [5, 5.41) is 5.41. The highest BCUT2D eigenvalue weighted by Crippen LogP contribution is 2.48. The van der Waals surface area contributed by atoms with E-state index in [0.717, 1.165) is 36.1 Å². The van der Waals surface area contributed by atoms with Crippen molar-refractivity contribution >= 4 is 40.4 Å². The summed E-state index contributed by atoms with van der Waals surface area (Å²) in [5.41, 5.74) is 1.78. The number of benzene rings is 2. The van der Waals surface area contributed by atoms with Gasteiger partial charge in [0.2, 0.25) is 5.91 Å². The molecular weight excluding hydrogens is 484 g/mol. The Morgan fingerprint density at radius 3 is 2.49 bits per heavy atom. The van der Waals surface area contributed by atoms with E-state index in [9.17, 15) is 9.59 Å². The molecule has 0 bridgehead atoms. The first-order valence-corrected chi connectivity index (χ1v) is 13.0. The maximum atomic E-state index is 14.1. The number of amides is 2. The molecule has 1 saturated carbocycles. The zero-order valence-electron chi connectivity index (χ0n) is 19.6. The van der Waals surface area contributed by atoms with E-state index in [1.807, 2.05) is 46.7 Å². The van der Waals surface area contributed by atoms with Crippen molar-refractivity contribution in [1.29, 1.82) is 0 Å². The third kappa shape index (κ3) is 4.28. The normalized spacial score (nSPS) is 20.0. The first-order valence-electron chi connectivity index (χ1n) is 11.7. The van der Waals surface area contributed by atoms with Crippen LogP contribution in [0.15, 0.2) is 53.9 Å². The fourth-order valence-corrected chi connectivity index (χ4v) is 6.45. The van der Waals surface area contributed by atoms with Crippen LogP contribution in [0, 0.1) is 0 Å². The molecule has 2 atom stereocenters. The highest BCUT2D eigenvalue weighted by molar-refractivity contribution is 7.10. The first kappa shape index (κ1) is 23.7. The largest absolute Gasteiger partial charge is 0.495 e. The van der Waals surface area contributed by atoms with Crippen molar-refractivity contribution in [1.82, 2.24) is 4.90 Å². The number of rotatable bonds is 6. The number of hydrogen-bond acceptors (Lipinski definition) is 5. The van der Waals surface area contributed by atoms with Crippen LogP contribution in [0.5, 0.6) is 11.5 Å². The van der Waals surface area contributed by atoms with Crippen LogP contribution in [0.4, 0.5) is 5.69 Å². The number of hydrogen-bond donors (Lipinski definition) is 1. The van der Waals surface area contributed by atoms with Gasteiger partial charge in [0.25, 0.3) is 5.91 Å². The fourth-order valence-electron chi connectivity index (χ4n) is 5.35. The SMILES string of the molecule is COc1cc(OC)c(NC(=O)[C@@H]2c3ccccc3C(=O)N(C3CCCC3)[C@@H]2c2cccs2)cc1Cl. The Hall–Kier alpha value is -3.03. The van der Waals surface area contributed by atoms with Gasteiger partial charge in [-0.15, -0.1) is 11.3 Å². The van der Waals surface area contributed by atoms with E-state index in [-0.39, 0.29) is 23.9 Å². The third-order valence-corrected chi connectivity index (χ3v) is 8.18. The molecule has 2 aromatic carbocycles. The van der Waals surface area contributed by atoms with E-state index in [2.05, 4.69) is 5.32 Å². The van der Waals surface area contributed by atoms with Gasteiger partial charge in [0, 0.05) is 22.5 Å². The van der Waals surface area contributed by atoms with Gasteiger partial charge < -0.3 is 19.7 Å².